The molecule has 2 fully saturated rings. The highest BCUT2D eigenvalue weighted by Crippen LogP contribution is 2.36. The van der Waals surface area contributed by atoms with E-state index in [2.05, 4.69) is 51.2 Å². The molecular formula is C20H24BrNO. The maximum Gasteiger partial charge on any atom is 0.0570 e. The van der Waals surface area contributed by atoms with Gasteiger partial charge in [0.15, 0.2) is 0 Å². The molecular weight excluding hydrogens is 350 g/mol. The van der Waals surface area contributed by atoms with Crippen molar-refractivity contribution in [2.24, 2.45) is 0 Å². The summed E-state index contributed by atoms with van der Waals surface area (Å²) in [5.74, 6) is 0. The zero-order valence-corrected chi connectivity index (χ0v) is 14.9. The zero-order valence-electron chi connectivity index (χ0n) is 13.3. The molecule has 0 aliphatic carbocycles. The first-order chi connectivity index (χ1) is 11.2. The third-order valence-electron chi connectivity index (χ3n) is 4.80. The van der Waals surface area contributed by atoms with Gasteiger partial charge in [0.05, 0.1) is 6.10 Å². The lowest BCUT2D eigenvalue weighted by Gasteiger charge is -2.37. The second-order valence-electron chi connectivity index (χ2n) is 6.46. The van der Waals surface area contributed by atoms with Crippen LogP contribution in [0.4, 0.5) is 0 Å². The quantitative estimate of drug-likeness (QED) is 0.829. The number of fused-ring (bicyclic) bond motifs is 2. The van der Waals surface area contributed by atoms with Crippen LogP contribution in [0.2, 0.25) is 0 Å². The zero-order chi connectivity index (χ0) is 16.1. The van der Waals surface area contributed by atoms with Crippen LogP contribution < -0.4 is 0 Å². The molecule has 2 aliphatic heterocycles. The summed E-state index contributed by atoms with van der Waals surface area (Å²) in [6.45, 7) is 1.06. The van der Waals surface area contributed by atoms with Crippen LogP contribution in [0.15, 0.2) is 65.1 Å². The minimum absolute atomic E-state index is 0.0514. The SMILES string of the molecule is Brc1ccccc1.OC1C[C@H]2CC[C@@H](C1)N2Cc1ccccc1. The van der Waals surface area contributed by atoms with Gasteiger partial charge in [0.2, 0.25) is 0 Å². The van der Waals surface area contributed by atoms with Crippen molar-refractivity contribution in [1.29, 1.82) is 0 Å². The van der Waals surface area contributed by atoms with E-state index in [0.29, 0.717) is 12.1 Å². The Balaban J connectivity index is 0.000000188. The van der Waals surface area contributed by atoms with Crippen LogP contribution in [0.3, 0.4) is 0 Å². The van der Waals surface area contributed by atoms with Crippen molar-refractivity contribution in [1.82, 2.24) is 4.90 Å². The predicted molar refractivity (Wildman–Crippen MR) is 98.2 cm³/mol. The molecule has 2 nitrogen and oxygen atoms in total. The first-order valence-corrected chi connectivity index (χ1v) is 9.20. The molecule has 2 heterocycles. The first-order valence-electron chi connectivity index (χ1n) is 8.40. The summed E-state index contributed by atoms with van der Waals surface area (Å²) < 4.78 is 1.13. The highest BCUT2D eigenvalue weighted by Gasteiger charge is 2.39. The molecule has 122 valence electrons. The van der Waals surface area contributed by atoms with Gasteiger partial charge in [0.25, 0.3) is 0 Å². The molecule has 0 aromatic heterocycles. The van der Waals surface area contributed by atoms with Crippen molar-refractivity contribution >= 4 is 15.9 Å². The molecule has 2 saturated heterocycles. The van der Waals surface area contributed by atoms with Gasteiger partial charge < -0.3 is 5.11 Å². The van der Waals surface area contributed by atoms with Gasteiger partial charge in [-0.3, -0.25) is 4.90 Å². The minimum Gasteiger partial charge on any atom is -0.393 e. The predicted octanol–water partition coefficient (Wildman–Crippen LogP) is 4.62. The molecule has 3 atom stereocenters. The van der Waals surface area contributed by atoms with Gasteiger partial charge in [0.1, 0.15) is 0 Å². The summed E-state index contributed by atoms with van der Waals surface area (Å²) in [5, 5.41) is 9.75. The highest BCUT2D eigenvalue weighted by molar-refractivity contribution is 9.10. The molecule has 1 unspecified atom stereocenters. The van der Waals surface area contributed by atoms with E-state index in [1.807, 2.05) is 30.3 Å². The molecule has 0 saturated carbocycles. The summed E-state index contributed by atoms with van der Waals surface area (Å²) in [5.41, 5.74) is 1.40. The normalized spacial score (nSPS) is 26.4. The standard InChI is InChI=1S/C14H19NO.C6H5Br/c16-14-8-12-6-7-13(9-14)15(12)10-11-4-2-1-3-5-11;7-6-4-2-1-3-5-6/h1-5,12-14,16H,6-10H2;1-5H/t12-,13+,14?;. The Kier molecular flexibility index (Phi) is 5.87. The van der Waals surface area contributed by atoms with Gasteiger partial charge in [-0.15, -0.1) is 0 Å². The van der Waals surface area contributed by atoms with Crippen LogP contribution in [-0.4, -0.2) is 28.2 Å². The summed E-state index contributed by atoms with van der Waals surface area (Å²) in [7, 11) is 0. The Labute approximate surface area is 147 Å². The lowest BCUT2D eigenvalue weighted by atomic mass is 9.99. The third kappa shape index (κ3) is 4.66. The Morgan fingerprint density at radius 3 is 1.87 bits per heavy atom. The van der Waals surface area contributed by atoms with Gasteiger partial charge in [-0.1, -0.05) is 64.5 Å². The smallest absolute Gasteiger partial charge is 0.0570 e. The molecule has 23 heavy (non-hydrogen) atoms. The average molecular weight is 374 g/mol. The number of halogens is 1. The van der Waals surface area contributed by atoms with Crippen molar-refractivity contribution in [3.8, 4) is 0 Å². The van der Waals surface area contributed by atoms with E-state index in [4.69, 9.17) is 0 Å². The topological polar surface area (TPSA) is 23.5 Å². The van der Waals surface area contributed by atoms with Crippen LogP contribution in [0, 0.1) is 0 Å². The summed E-state index contributed by atoms with van der Waals surface area (Å²) >= 11 is 3.31. The van der Waals surface area contributed by atoms with Crippen LogP contribution in [-0.2, 0) is 6.54 Å². The van der Waals surface area contributed by atoms with Crippen molar-refractivity contribution in [3.05, 3.63) is 70.7 Å². The third-order valence-corrected chi connectivity index (χ3v) is 5.33. The Morgan fingerprint density at radius 1 is 0.870 bits per heavy atom. The molecule has 2 aromatic carbocycles. The summed E-state index contributed by atoms with van der Waals surface area (Å²) in [6.07, 6.45) is 4.44. The Bertz CT molecular complexity index is 575. The second kappa shape index (κ2) is 8.09. The van der Waals surface area contributed by atoms with E-state index < -0.39 is 0 Å². The highest BCUT2D eigenvalue weighted by atomic mass is 79.9. The van der Waals surface area contributed by atoms with Crippen molar-refractivity contribution < 1.29 is 5.11 Å². The number of nitrogens with zero attached hydrogens (tertiary/aromatic N) is 1. The van der Waals surface area contributed by atoms with E-state index in [0.717, 1.165) is 23.9 Å². The molecule has 2 aliphatic rings. The minimum atomic E-state index is -0.0514. The molecule has 1 N–H and O–H groups in total. The van der Waals surface area contributed by atoms with Crippen LogP contribution in [0.1, 0.15) is 31.2 Å². The monoisotopic (exact) mass is 373 g/mol. The lowest BCUT2D eigenvalue weighted by Crippen LogP contribution is -2.43. The fraction of sp³-hybridized carbons (Fsp3) is 0.400. The maximum atomic E-state index is 9.75. The van der Waals surface area contributed by atoms with E-state index in [1.165, 1.54) is 18.4 Å². The van der Waals surface area contributed by atoms with Crippen molar-refractivity contribution in [2.75, 3.05) is 0 Å². The number of hydrogen-bond acceptors (Lipinski definition) is 2. The van der Waals surface area contributed by atoms with Crippen molar-refractivity contribution in [3.63, 3.8) is 0 Å². The van der Waals surface area contributed by atoms with Gasteiger partial charge in [-0.2, -0.15) is 0 Å². The van der Waals surface area contributed by atoms with Gasteiger partial charge in [0, 0.05) is 23.1 Å². The lowest BCUT2D eigenvalue weighted by molar-refractivity contribution is 0.0310. The number of benzene rings is 2. The molecule has 2 aromatic rings. The second-order valence-corrected chi connectivity index (χ2v) is 7.38. The number of rotatable bonds is 2. The van der Waals surface area contributed by atoms with E-state index >= 15 is 0 Å². The Hall–Kier alpha value is -1.16. The van der Waals surface area contributed by atoms with Gasteiger partial charge >= 0.3 is 0 Å². The number of aliphatic hydroxyl groups is 1. The molecule has 0 radical (unpaired) electrons. The van der Waals surface area contributed by atoms with Crippen molar-refractivity contribution in [2.45, 2.75) is 50.4 Å². The van der Waals surface area contributed by atoms with Crippen LogP contribution in [0.25, 0.3) is 0 Å². The van der Waals surface area contributed by atoms with E-state index in [1.54, 1.807) is 0 Å². The largest absolute Gasteiger partial charge is 0.393 e. The maximum absolute atomic E-state index is 9.75. The fourth-order valence-corrected chi connectivity index (χ4v) is 4.02. The molecule has 3 heteroatoms. The fourth-order valence-electron chi connectivity index (χ4n) is 3.71. The number of aliphatic hydroxyl groups excluding tert-OH is 1. The van der Waals surface area contributed by atoms with Gasteiger partial charge in [-0.25, -0.2) is 0 Å². The van der Waals surface area contributed by atoms with Crippen LogP contribution in [0.5, 0.6) is 0 Å². The molecule has 2 bridgehead atoms. The molecule has 0 amide bonds. The summed E-state index contributed by atoms with van der Waals surface area (Å²) in [4.78, 5) is 2.60. The molecule has 4 rings (SSSR count). The number of hydrogen-bond donors (Lipinski definition) is 1. The van der Waals surface area contributed by atoms with Gasteiger partial charge in [-0.05, 0) is 43.4 Å². The molecule has 0 spiro atoms. The van der Waals surface area contributed by atoms with E-state index in [-0.39, 0.29) is 6.10 Å². The number of piperidine rings is 1. The summed E-state index contributed by atoms with van der Waals surface area (Å²) in [6, 6.07) is 21.9. The first kappa shape index (κ1) is 16.7. The van der Waals surface area contributed by atoms with Crippen LogP contribution >= 0.6 is 15.9 Å². The van der Waals surface area contributed by atoms with E-state index in [9.17, 15) is 5.11 Å². The Morgan fingerprint density at radius 2 is 1.39 bits per heavy atom. The average Bonchev–Trinajstić information content (AvgIpc) is 2.80.